The highest BCUT2D eigenvalue weighted by Crippen LogP contribution is 2.32. The zero-order valence-corrected chi connectivity index (χ0v) is 22.4. The molecule has 5 rings (SSSR count). The summed E-state index contributed by atoms with van der Waals surface area (Å²) in [6.45, 7) is 0.573. The summed E-state index contributed by atoms with van der Waals surface area (Å²) in [6, 6.07) is 16.7. The number of hydrogen-bond acceptors (Lipinski definition) is 6. The largest absolute Gasteiger partial charge is 0.472 e. The van der Waals surface area contributed by atoms with Gasteiger partial charge in [0, 0.05) is 43.0 Å². The molecule has 0 N–H and O–H groups in total. The molecule has 0 aliphatic rings. The number of fused-ring (bicyclic) bond motifs is 1. The molecular formula is C31H26F3N3O4. The maximum Gasteiger partial charge on any atom is 0.337 e. The van der Waals surface area contributed by atoms with Gasteiger partial charge in [0.25, 0.3) is 0 Å². The van der Waals surface area contributed by atoms with Gasteiger partial charge in [-0.3, -0.25) is 0 Å². The summed E-state index contributed by atoms with van der Waals surface area (Å²) in [6.07, 6.45) is 1.34. The lowest BCUT2D eigenvalue weighted by atomic mass is 10.0. The number of benzene rings is 3. The second-order valence-corrected chi connectivity index (χ2v) is 9.20. The van der Waals surface area contributed by atoms with Crippen molar-refractivity contribution in [3.63, 3.8) is 0 Å². The second-order valence-electron chi connectivity index (χ2n) is 9.20. The molecule has 0 saturated heterocycles. The third kappa shape index (κ3) is 5.92. The van der Waals surface area contributed by atoms with Crippen LogP contribution in [0.2, 0.25) is 0 Å². The summed E-state index contributed by atoms with van der Waals surface area (Å²) in [5.74, 6) is -1.96. The van der Waals surface area contributed by atoms with Crippen molar-refractivity contribution >= 4 is 17.0 Å². The highest BCUT2D eigenvalue weighted by molar-refractivity contribution is 5.93. The van der Waals surface area contributed by atoms with Gasteiger partial charge in [0.05, 0.1) is 30.3 Å². The molecule has 10 heteroatoms. The number of rotatable bonds is 10. The fourth-order valence-electron chi connectivity index (χ4n) is 4.56. The highest BCUT2D eigenvalue weighted by Gasteiger charge is 2.20. The van der Waals surface area contributed by atoms with Crippen LogP contribution in [0.15, 0.2) is 72.9 Å². The Labute approximate surface area is 234 Å². The van der Waals surface area contributed by atoms with Crippen LogP contribution in [0, 0.1) is 17.5 Å². The van der Waals surface area contributed by atoms with E-state index in [0.717, 1.165) is 0 Å². The summed E-state index contributed by atoms with van der Waals surface area (Å²) in [5.41, 5.74) is 2.24. The predicted octanol–water partition coefficient (Wildman–Crippen LogP) is 6.12. The third-order valence-electron chi connectivity index (χ3n) is 6.65. The Morgan fingerprint density at radius 1 is 0.927 bits per heavy atom. The number of nitrogens with zero attached hydrogens (tertiary/aromatic N) is 3. The van der Waals surface area contributed by atoms with Gasteiger partial charge in [-0.05, 0) is 54.1 Å². The number of ether oxygens (including phenoxy) is 3. The summed E-state index contributed by atoms with van der Waals surface area (Å²) >= 11 is 0. The van der Waals surface area contributed by atoms with Crippen LogP contribution in [0.25, 0.3) is 22.2 Å². The smallest absolute Gasteiger partial charge is 0.337 e. The first-order valence-electron chi connectivity index (χ1n) is 12.8. The highest BCUT2D eigenvalue weighted by atomic mass is 19.1. The van der Waals surface area contributed by atoms with E-state index in [1.54, 1.807) is 60.2 Å². The first-order valence-corrected chi connectivity index (χ1v) is 12.8. The number of aromatic nitrogens is 3. The maximum atomic E-state index is 15.5. The minimum Gasteiger partial charge on any atom is -0.472 e. The van der Waals surface area contributed by atoms with E-state index in [9.17, 15) is 9.18 Å². The van der Waals surface area contributed by atoms with Crippen LogP contribution in [0.1, 0.15) is 27.3 Å². The number of carbonyl (C=O) groups is 1. The van der Waals surface area contributed by atoms with Crippen molar-refractivity contribution in [2.45, 2.75) is 19.6 Å². The molecule has 0 bridgehead atoms. The average Bonchev–Trinajstić information content (AvgIpc) is 3.33. The molecule has 2 heterocycles. The average molecular weight is 562 g/mol. The molecular weight excluding hydrogens is 535 g/mol. The minimum absolute atomic E-state index is 0.102. The molecule has 0 aliphatic carbocycles. The maximum absolute atomic E-state index is 15.5. The fourth-order valence-corrected chi connectivity index (χ4v) is 4.56. The topological polar surface area (TPSA) is 75.5 Å². The normalized spacial score (nSPS) is 11.1. The van der Waals surface area contributed by atoms with E-state index < -0.39 is 23.4 Å². The first-order chi connectivity index (χ1) is 19.9. The molecule has 0 unspecified atom stereocenters. The van der Waals surface area contributed by atoms with E-state index in [1.807, 2.05) is 0 Å². The molecule has 5 aromatic rings. The third-order valence-corrected chi connectivity index (χ3v) is 6.65. The van der Waals surface area contributed by atoms with Gasteiger partial charge in [0.15, 0.2) is 0 Å². The molecule has 210 valence electrons. The van der Waals surface area contributed by atoms with Gasteiger partial charge in [-0.1, -0.05) is 18.2 Å². The van der Waals surface area contributed by atoms with Crippen LogP contribution < -0.4 is 4.74 Å². The van der Waals surface area contributed by atoms with Crippen LogP contribution in [-0.4, -0.2) is 41.3 Å². The van der Waals surface area contributed by atoms with E-state index >= 15 is 8.78 Å². The van der Waals surface area contributed by atoms with Crippen molar-refractivity contribution in [3.05, 3.63) is 113 Å². The van der Waals surface area contributed by atoms with Crippen molar-refractivity contribution < 1.29 is 32.2 Å². The Hall–Kier alpha value is -4.70. The molecule has 0 atom stereocenters. The van der Waals surface area contributed by atoms with Crippen LogP contribution in [0.3, 0.4) is 0 Å². The molecule has 7 nitrogen and oxygen atoms in total. The fraction of sp³-hybridized carbons (Fsp3) is 0.194. The number of esters is 1. The van der Waals surface area contributed by atoms with Gasteiger partial charge in [-0.2, -0.15) is 0 Å². The number of methoxy groups -OCH3 is 2. The van der Waals surface area contributed by atoms with Crippen molar-refractivity contribution in [1.29, 1.82) is 0 Å². The Bertz CT molecular complexity index is 1700. The van der Waals surface area contributed by atoms with Crippen molar-refractivity contribution in [2.75, 3.05) is 20.8 Å². The van der Waals surface area contributed by atoms with Gasteiger partial charge >= 0.3 is 5.97 Å². The lowest BCUT2D eigenvalue weighted by molar-refractivity contribution is 0.0601. The standard InChI is InChI=1S/C31H26F3N3O4/c1-39-13-12-37-28-16-19(31(38)40-2)9-10-27(28)36-29(37)17-23-25(33)14-21(15-26(23)34)22-7-5-11-35-30(22)41-18-20-6-3-4-8-24(20)32/h3-11,14-16H,12-13,17-18H2,1-2H3. The SMILES string of the molecule is COCCn1c(Cc2c(F)cc(-c3cccnc3OCc3ccccc3F)cc2F)nc2ccc(C(=O)OC)cc21. The summed E-state index contributed by atoms with van der Waals surface area (Å²) in [5, 5.41) is 0. The van der Waals surface area contributed by atoms with Gasteiger partial charge in [-0.25, -0.2) is 27.9 Å². The van der Waals surface area contributed by atoms with Crippen LogP contribution in [0.5, 0.6) is 5.88 Å². The first kappa shape index (κ1) is 27.9. The van der Waals surface area contributed by atoms with Gasteiger partial charge in [0.2, 0.25) is 5.88 Å². The quantitative estimate of drug-likeness (QED) is 0.191. The summed E-state index contributed by atoms with van der Waals surface area (Å²) in [4.78, 5) is 20.8. The number of halogens is 3. The van der Waals surface area contributed by atoms with Crippen molar-refractivity contribution in [3.8, 4) is 17.0 Å². The van der Waals surface area contributed by atoms with Crippen LogP contribution >= 0.6 is 0 Å². The Kier molecular flexibility index (Phi) is 8.30. The number of imidazole rings is 1. The summed E-state index contributed by atoms with van der Waals surface area (Å²) in [7, 11) is 2.84. The number of carbonyl (C=O) groups excluding carboxylic acids is 1. The molecule has 41 heavy (non-hydrogen) atoms. The number of pyridine rings is 1. The number of hydrogen-bond donors (Lipinski definition) is 0. The van der Waals surface area contributed by atoms with E-state index in [-0.39, 0.29) is 30.0 Å². The van der Waals surface area contributed by atoms with E-state index in [2.05, 4.69) is 9.97 Å². The zero-order valence-electron chi connectivity index (χ0n) is 22.4. The van der Waals surface area contributed by atoms with Crippen molar-refractivity contribution in [2.24, 2.45) is 0 Å². The van der Waals surface area contributed by atoms with Gasteiger partial charge in [0.1, 0.15) is 29.9 Å². The van der Waals surface area contributed by atoms with E-state index in [0.29, 0.717) is 46.7 Å². The Balaban J connectivity index is 1.47. The summed E-state index contributed by atoms with van der Waals surface area (Å²) < 4.78 is 62.6. The molecule has 0 saturated carbocycles. The molecule has 2 aromatic heterocycles. The lowest BCUT2D eigenvalue weighted by Gasteiger charge is -2.13. The monoisotopic (exact) mass is 561 g/mol. The van der Waals surface area contributed by atoms with Gasteiger partial charge in [-0.15, -0.1) is 0 Å². The van der Waals surface area contributed by atoms with Crippen LogP contribution in [0.4, 0.5) is 13.2 Å². The predicted molar refractivity (Wildman–Crippen MR) is 146 cm³/mol. The molecule has 0 spiro atoms. The molecule has 0 amide bonds. The molecule has 0 aliphatic heterocycles. The minimum atomic E-state index is -0.774. The van der Waals surface area contributed by atoms with Gasteiger partial charge < -0.3 is 18.8 Å². The van der Waals surface area contributed by atoms with E-state index in [1.165, 1.54) is 31.5 Å². The zero-order chi connectivity index (χ0) is 28.9. The molecule has 3 aromatic carbocycles. The van der Waals surface area contributed by atoms with E-state index in [4.69, 9.17) is 14.2 Å². The molecule has 0 fully saturated rings. The lowest BCUT2D eigenvalue weighted by Crippen LogP contribution is -2.11. The van der Waals surface area contributed by atoms with Crippen molar-refractivity contribution in [1.82, 2.24) is 14.5 Å². The molecule has 0 radical (unpaired) electrons. The Morgan fingerprint density at radius 2 is 1.71 bits per heavy atom. The Morgan fingerprint density at radius 3 is 2.44 bits per heavy atom. The van der Waals surface area contributed by atoms with Crippen LogP contribution in [-0.2, 0) is 29.0 Å². The second kappa shape index (κ2) is 12.2.